The molecule has 38 heavy (non-hydrogen) atoms. The largest absolute Gasteiger partial charge is 0.490 e. The first kappa shape index (κ1) is 26.6. The van der Waals surface area contributed by atoms with Crippen molar-refractivity contribution in [2.24, 2.45) is 0 Å². The molecule has 5 nitrogen and oxygen atoms in total. The number of H-pyrrole nitrogens is 1. The summed E-state index contributed by atoms with van der Waals surface area (Å²) in [5.74, 6) is -1.84. The van der Waals surface area contributed by atoms with Crippen LogP contribution < -0.4 is 5.32 Å². The summed E-state index contributed by atoms with van der Waals surface area (Å²) in [6.45, 7) is 3.84. The fourth-order valence-corrected chi connectivity index (χ4v) is 3.89. The van der Waals surface area contributed by atoms with Gasteiger partial charge in [0.15, 0.2) is 0 Å². The van der Waals surface area contributed by atoms with E-state index in [2.05, 4.69) is 108 Å². The predicted molar refractivity (Wildman–Crippen MR) is 142 cm³/mol. The Morgan fingerprint density at radius 2 is 1.32 bits per heavy atom. The minimum atomic E-state index is -5.08. The van der Waals surface area contributed by atoms with Crippen LogP contribution in [0.5, 0.6) is 0 Å². The quantitative estimate of drug-likeness (QED) is 0.224. The van der Waals surface area contributed by atoms with Gasteiger partial charge in [0.1, 0.15) is 5.82 Å². The predicted octanol–water partition coefficient (Wildman–Crippen LogP) is 7.13. The van der Waals surface area contributed by atoms with Crippen molar-refractivity contribution in [1.82, 2.24) is 15.3 Å². The fourth-order valence-electron chi connectivity index (χ4n) is 3.89. The second kappa shape index (κ2) is 11.7. The number of benzene rings is 4. The molecule has 0 aliphatic carbocycles. The monoisotopic (exact) mass is 517 g/mol. The molecule has 1 heterocycles. The molecule has 1 aromatic heterocycles. The smallest absolute Gasteiger partial charge is 0.475 e. The minimum Gasteiger partial charge on any atom is -0.475 e. The summed E-state index contributed by atoms with van der Waals surface area (Å²) in [5, 5.41) is 10.6. The van der Waals surface area contributed by atoms with Gasteiger partial charge >= 0.3 is 12.1 Å². The summed E-state index contributed by atoms with van der Waals surface area (Å²) in [5.41, 5.74) is 9.43. The highest BCUT2D eigenvalue weighted by Crippen LogP contribution is 2.26. The third-order valence-electron chi connectivity index (χ3n) is 5.90. The van der Waals surface area contributed by atoms with Crippen LogP contribution in [0, 0.1) is 6.92 Å². The summed E-state index contributed by atoms with van der Waals surface area (Å²) in [4.78, 5) is 17.1. The zero-order chi connectivity index (χ0) is 27.1. The normalized spacial score (nSPS) is 11.2. The van der Waals surface area contributed by atoms with Gasteiger partial charge in [-0.3, -0.25) is 0 Å². The second-order valence-corrected chi connectivity index (χ2v) is 8.72. The summed E-state index contributed by atoms with van der Waals surface area (Å²) in [6, 6.07) is 34.1. The number of aliphatic carboxylic acids is 1. The van der Waals surface area contributed by atoms with Gasteiger partial charge in [-0.15, -0.1) is 0 Å². The van der Waals surface area contributed by atoms with Crippen molar-refractivity contribution >= 4 is 17.0 Å². The Morgan fingerprint density at radius 1 is 0.789 bits per heavy atom. The molecular formula is C30H26F3N3O2. The van der Waals surface area contributed by atoms with Crippen LogP contribution in [0.1, 0.15) is 16.7 Å². The molecule has 0 unspecified atom stereocenters. The lowest BCUT2D eigenvalue weighted by Gasteiger charge is -2.07. The number of fused-ring (bicyclic) bond motifs is 1. The molecule has 4 aromatic carbocycles. The highest BCUT2D eigenvalue weighted by Gasteiger charge is 2.38. The minimum absolute atomic E-state index is 0.861. The molecule has 5 rings (SSSR count). The summed E-state index contributed by atoms with van der Waals surface area (Å²) >= 11 is 0. The molecule has 0 bridgehead atoms. The molecule has 0 spiro atoms. The van der Waals surface area contributed by atoms with E-state index in [0.717, 1.165) is 35.5 Å². The third kappa shape index (κ3) is 6.86. The molecule has 0 aliphatic heterocycles. The van der Waals surface area contributed by atoms with E-state index in [-0.39, 0.29) is 0 Å². The standard InChI is InChI=1S/C28H25N3.C2HF3O2/c1-20-6-5-9-26-27(20)31-28(30-26)25-16-14-24(15-17-25)23-12-10-22(11-13-23)19-29-18-21-7-3-2-4-8-21;3-2(4,5)1(6)7/h2-17,29H,18-19H2,1H3,(H,30,31);(H,6,7). The summed E-state index contributed by atoms with van der Waals surface area (Å²) < 4.78 is 31.7. The molecule has 0 saturated heterocycles. The molecule has 0 atom stereocenters. The molecule has 0 saturated carbocycles. The van der Waals surface area contributed by atoms with Crippen LogP contribution >= 0.6 is 0 Å². The van der Waals surface area contributed by atoms with Crippen LogP contribution in [-0.4, -0.2) is 27.2 Å². The Bertz CT molecular complexity index is 1490. The van der Waals surface area contributed by atoms with Crippen molar-refractivity contribution < 1.29 is 23.1 Å². The highest BCUT2D eigenvalue weighted by molar-refractivity contribution is 5.82. The average Bonchev–Trinajstić information content (AvgIpc) is 3.36. The maximum absolute atomic E-state index is 10.6. The van der Waals surface area contributed by atoms with Crippen molar-refractivity contribution in [3.63, 3.8) is 0 Å². The number of aromatic nitrogens is 2. The summed E-state index contributed by atoms with van der Waals surface area (Å²) in [7, 11) is 0. The van der Waals surface area contributed by atoms with Crippen LogP contribution in [0.15, 0.2) is 97.1 Å². The van der Waals surface area contributed by atoms with Crippen LogP contribution in [0.25, 0.3) is 33.5 Å². The lowest BCUT2D eigenvalue weighted by molar-refractivity contribution is -0.192. The first-order chi connectivity index (χ1) is 18.2. The van der Waals surface area contributed by atoms with E-state index < -0.39 is 12.1 Å². The number of carbonyl (C=O) groups is 1. The number of alkyl halides is 3. The van der Waals surface area contributed by atoms with E-state index in [4.69, 9.17) is 14.9 Å². The van der Waals surface area contributed by atoms with Crippen molar-refractivity contribution in [3.8, 4) is 22.5 Å². The van der Waals surface area contributed by atoms with Crippen LogP contribution in [0.2, 0.25) is 0 Å². The fraction of sp³-hybridized carbons (Fsp3) is 0.133. The Labute approximate surface area is 218 Å². The van der Waals surface area contributed by atoms with Crippen molar-refractivity contribution in [1.29, 1.82) is 0 Å². The number of nitrogens with zero attached hydrogens (tertiary/aromatic N) is 1. The number of carboxylic acid groups (broad SMARTS) is 1. The van der Waals surface area contributed by atoms with Crippen LogP contribution in [0.4, 0.5) is 13.2 Å². The first-order valence-electron chi connectivity index (χ1n) is 11.9. The van der Waals surface area contributed by atoms with E-state index in [1.807, 2.05) is 6.07 Å². The second-order valence-electron chi connectivity index (χ2n) is 8.72. The zero-order valence-corrected chi connectivity index (χ0v) is 20.6. The molecule has 194 valence electrons. The van der Waals surface area contributed by atoms with Crippen LogP contribution in [0.3, 0.4) is 0 Å². The number of halogens is 3. The van der Waals surface area contributed by atoms with Gasteiger partial charge in [0.25, 0.3) is 0 Å². The first-order valence-corrected chi connectivity index (χ1v) is 11.9. The van der Waals surface area contributed by atoms with Gasteiger partial charge in [-0.05, 0) is 40.8 Å². The zero-order valence-electron chi connectivity index (χ0n) is 20.6. The van der Waals surface area contributed by atoms with Crippen molar-refractivity contribution in [2.45, 2.75) is 26.2 Å². The average molecular weight is 518 g/mol. The van der Waals surface area contributed by atoms with Gasteiger partial charge in [-0.2, -0.15) is 13.2 Å². The Morgan fingerprint density at radius 3 is 1.87 bits per heavy atom. The lowest BCUT2D eigenvalue weighted by atomic mass is 10.0. The molecule has 0 fully saturated rings. The van der Waals surface area contributed by atoms with Crippen LogP contribution in [-0.2, 0) is 17.9 Å². The van der Waals surface area contributed by atoms with Crippen molar-refractivity contribution in [3.05, 3.63) is 114 Å². The molecular weight excluding hydrogens is 491 g/mol. The lowest BCUT2D eigenvalue weighted by Crippen LogP contribution is -2.21. The maximum atomic E-state index is 10.6. The number of carboxylic acids is 1. The number of aryl methyl sites for hydroxylation is 1. The molecule has 3 N–H and O–H groups in total. The Kier molecular flexibility index (Phi) is 8.23. The number of imidazole rings is 1. The highest BCUT2D eigenvalue weighted by atomic mass is 19.4. The molecule has 0 aliphatic rings. The van der Waals surface area contributed by atoms with E-state index in [1.165, 1.54) is 27.8 Å². The number of nitrogens with one attached hydrogen (secondary N) is 2. The summed E-state index contributed by atoms with van der Waals surface area (Å²) in [6.07, 6.45) is -5.08. The van der Waals surface area contributed by atoms with Gasteiger partial charge in [-0.1, -0.05) is 91.0 Å². The van der Waals surface area contributed by atoms with Crippen molar-refractivity contribution in [2.75, 3.05) is 0 Å². The van der Waals surface area contributed by atoms with E-state index in [1.54, 1.807) is 0 Å². The topological polar surface area (TPSA) is 78.0 Å². The van der Waals surface area contributed by atoms with E-state index in [9.17, 15) is 13.2 Å². The van der Waals surface area contributed by atoms with E-state index >= 15 is 0 Å². The number of hydrogen-bond acceptors (Lipinski definition) is 3. The van der Waals surface area contributed by atoms with Gasteiger partial charge < -0.3 is 15.4 Å². The van der Waals surface area contributed by atoms with Gasteiger partial charge in [-0.25, -0.2) is 9.78 Å². The SMILES string of the molecule is Cc1cccc2[nH]c(-c3ccc(-c4ccc(CNCc5ccccc5)cc4)cc3)nc12.O=C(O)C(F)(F)F. The molecule has 0 radical (unpaired) electrons. The number of rotatable bonds is 6. The third-order valence-corrected chi connectivity index (χ3v) is 5.90. The number of hydrogen-bond donors (Lipinski definition) is 3. The van der Waals surface area contributed by atoms with E-state index in [0.29, 0.717) is 0 Å². The molecule has 5 aromatic rings. The van der Waals surface area contributed by atoms with Gasteiger partial charge in [0.2, 0.25) is 0 Å². The molecule has 8 heteroatoms. The van der Waals surface area contributed by atoms with Gasteiger partial charge in [0, 0.05) is 18.7 Å². The number of aromatic amines is 1. The Hall–Kier alpha value is -4.43. The van der Waals surface area contributed by atoms with Gasteiger partial charge in [0.05, 0.1) is 11.0 Å². The Balaban J connectivity index is 0.000000426. The molecule has 0 amide bonds. The maximum Gasteiger partial charge on any atom is 0.490 e. The number of para-hydroxylation sites is 1.